The number of piperidine rings is 1. The van der Waals surface area contributed by atoms with Gasteiger partial charge in [-0.3, -0.25) is 4.90 Å². The highest BCUT2D eigenvalue weighted by atomic mass is 16.7. The SMILES string of the molecule is COC(CC(CN)N(C)C1CCN(C)CC1)OC. The lowest BCUT2D eigenvalue weighted by Crippen LogP contribution is -2.50. The fraction of sp³-hybridized carbons (Fsp3) is 1.00. The Balaban J connectivity index is 2.47. The third-order valence-electron chi connectivity index (χ3n) is 4.10. The second-order valence-electron chi connectivity index (χ2n) is 5.23. The minimum absolute atomic E-state index is 0.160. The van der Waals surface area contributed by atoms with Gasteiger partial charge in [0, 0.05) is 39.3 Å². The summed E-state index contributed by atoms with van der Waals surface area (Å²) < 4.78 is 10.5. The van der Waals surface area contributed by atoms with E-state index in [1.165, 1.54) is 25.9 Å². The van der Waals surface area contributed by atoms with Crippen molar-refractivity contribution in [2.75, 3.05) is 47.9 Å². The third-order valence-corrected chi connectivity index (χ3v) is 4.10. The van der Waals surface area contributed by atoms with Crippen LogP contribution in [0.25, 0.3) is 0 Å². The summed E-state index contributed by atoms with van der Waals surface area (Å²) in [5.74, 6) is 0. The number of methoxy groups -OCH3 is 2. The molecule has 1 rings (SSSR count). The lowest BCUT2D eigenvalue weighted by atomic mass is 10.0. The first-order chi connectivity index (χ1) is 8.62. The Labute approximate surface area is 111 Å². The molecular formula is C13H29N3O2. The summed E-state index contributed by atoms with van der Waals surface area (Å²) in [7, 11) is 7.72. The highest BCUT2D eigenvalue weighted by Crippen LogP contribution is 2.18. The Morgan fingerprint density at radius 1 is 1.28 bits per heavy atom. The van der Waals surface area contributed by atoms with E-state index in [1.807, 2.05) is 0 Å². The van der Waals surface area contributed by atoms with Gasteiger partial charge in [-0.15, -0.1) is 0 Å². The maximum atomic E-state index is 5.90. The van der Waals surface area contributed by atoms with Crippen molar-refractivity contribution >= 4 is 0 Å². The van der Waals surface area contributed by atoms with E-state index >= 15 is 0 Å². The molecule has 0 aliphatic carbocycles. The van der Waals surface area contributed by atoms with Gasteiger partial charge in [0.15, 0.2) is 6.29 Å². The number of rotatable bonds is 7. The quantitative estimate of drug-likeness (QED) is 0.669. The maximum Gasteiger partial charge on any atom is 0.158 e. The molecule has 1 unspecified atom stereocenters. The van der Waals surface area contributed by atoms with Crippen LogP contribution in [-0.2, 0) is 9.47 Å². The Bertz CT molecular complexity index is 216. The average molecular weight is 259 g/mol. The van der Waals surface area contributed by atoms with Gasteiger partial charge >= 0.3 is 0 Å². The molecule has 2 N–H and O–H groups in total. The second-order valence-corrected chi connectivity index (χ2v) is 5.23. The van der Waals surface area contributed by atoms with E-state index in [1.54, 1.807) is 14.2 Å². The molecule has 0 spiro atoms. The van der Waals surface area contributed by atoms with Gasteiger partial charge in [0.25, 0.3) is 0 Å². The molecule has 0 aromatic rings. The van der Waals surface area contributed by atoms with Crippen LogP contribution >= 0.6 is 0 Å². The number of hydrogen-bond donors (Lipinski definition) is 1. The number of hydrogen-bond acceptors (Lipinski definition) is 5. The molecule has 1 aliphatic rings. The number of likely N-dealkylation sites (tertiary alicyclic amines) is 1. The van der Waals surface area contributed by atoms with Crippen LogP contribution in [0.15, 0.2) is 0 Å². The van der Waals surface area contributed by atoms with Gasteiger partial charge < -0.3 is 20.1 Å². The van der Waals surface area contributed by atoms with Crippen molar-refractivity contribution < 1.29 is 9.47 Å². The van der Waals surface area contributed by atoms with Crippen LogP contribution in [-0.4, -0.2) is 76.1 Å². The summed E-state index contributed by atoms with van der Waals surface area (Å²) >= 11 is 0. The fourth-order valence-electron chi connectivity index (χ4n) is 2.64. The first-order valence-corrected chi connectivity index (χ1v) is 6.78. The normalized spacial score (nSPS) is 20.8. The summed E-state index contributed by atoms with van der Waals surface area (Å²) in [4.78, 5) is 4.80. The number of nitrogens with two attached hydrogens (primary N) is 1. The maximum absolute atomic E-state index is 5.90. The minimum atomic E-state index is -0.160. The Morgan fingerprint density at radius 3 is 2.28 bits per heavy atom. The molecule has 0 bridgehead atoms. The van der Waals surface area contributed by atoms with E-state index < -0.39 is 0 Å². The monoisotopic (exact) mass is 259 g/mol. The Kier molecular flexibility index (Phi) is 7.11. The summed E-state index contributed by atoms with van der Waals surface area (Å²) in [5, 5.41) is 0. The average Bonchev–Trinajstić information content (AvgIpc) is 2.40. The Morgan fingerprint density at radius 2 is 1.83 bits per heavy atom. The molecule has 18 heavy (non-hydrogen) atoms. The molecular weight excluding hydrogens is 230 g/mol. The lowest BCUT2D eigenvalue weighted by molar-refractivity contribution is -0.117. The van der Waals surface area contributed by atoms with Crippen molar-refractivity contribution in [2.45, 2.75) is 37.6 Å². The molecule has 108 valence electrons. The van der Waals surface area contributed by atoms with Gasteiger partial charge in [0.2, 0.25) is 0 Å². The molecule has 0 amide bonds. The molecule has 5 nitrogen and oxygen atoms in total. The van der Waals surface area contributed by atoms with Crippen LogP contribution in [0.2, 0.25) is 0 Å². The van der Waals surface area contributed by atoms with Crippen molar-refractivity contribution in [3.8, 4) is 0 Å². The smallest absolute Gasteiger partial charge is 0.158 e. The van der Waals surface area contributed by atoms with Crippen molar-refractivity contribution in [3.63, 3.8) is 0 Å². The van der Waals surface area contributed by atoms with Crippen LogP contribution < -0.4 is 5.73 Å². The van der Waals surface area contributed by atoms with Crippen molar-refractivity contribution in [2.24, 2.45) is 5.73 Å². The van der Waals surface area contributed by atoms with E-state index in [4.69, 9.17) is 15.2 Å². The van der Waals surface area contributed by atoms with Crippen LogP contribution in [0, 0.1) is 0 Å². The zero-order valence-corrected chi connectivity index (χ0v) is 12.3. The third kappa shape index (κ3) is 4.48. The molecule has 0 radical (unpaired) electrons. The number of ether oxygens (including phenoxy) is 2. The molecule has 1 fully saturated rings. The van der Waals surface area contributed by atoms with Crippen LogP contribution in [0.4, 0.5) is 0 Å². The zero-order valence-electron chi connectivity index (χ0n) is 12.3. The highest BCUT2D eigenvalue weighted by molar-refractivity contribution is 4.82. The second kappa shape index (κ2) is 8.07. The van der Waals surface area contributed by atoms with Crippen LogP contribution in [0.3, 0.4) is 0 Å². The highest BCUT2D eigenvalue weighted by Gasteiger charge is 2.27. The molecule has 1 saturated heterocycles. The van der Waals surface area contributed by atoms with Gasteiger partial charge in [-0.1, -0.05) is 0 Å². The molecule has 0 aromatic carbocycles. The van der Waals surface area contributed by atoms with E-state index in [0.29, 0.717) is 18.6 Å². The summed E-state index contributed by atoms with van der Waals surface area (Å²) in [6.07, 6.45) is 3.10. The van der Waals surface area contributed by atoms with Gasteiger partial charge in [-0.05, 0) is 40.0 Å². The molecule has 1 atom stereocenters. The fourth-order valence-corrected chi connectivity index (χ4v) is 2.64. The topological polar surface area (TPSA) is 51.0 Å². The van der Waals surface area contributed by atoms with Crippen LogP contribution in [0.1, 0.15) is 19.3 Å². The van der Waals surface area contributed by atoms with Gasteiger partial charge in [0.05, 0.1) is 0 Å². The molecule has 0 saturated carbocycles. The largest absolute Gasteiger partial charge is 0.356 e. The summed E-state index contributed by atoms with van der Waals surface area (Å²) in [6, 6.07) is 0.951. The predicted molar refractivity (Wildman–Crippen MR) is 73.5 cm³/mol. The molecule has 0 aromatic heterocycles. The van der Waals surface area contributed by atoms with Gasteiger partial charge in [0.1, 0.15) is 0 Å². The zero-order chi connectivity index (χ0) is 13.5. The number of likely N-dealkylation sites (N-methyl/N-ethyl adjacent to an activating group) is 1. The van der Waals surface area contributed by atoms with Crippen molar-refractivity contribution in [1.82, 2.24) is 9.80 Å². The van der Waals surface area contributed by atoms with Crippen molar-refractivity contribution in [3.05, 3.63) is 0 Å². The minimum Gasteiger partial charge on any atom is -0.356 e. The Hall–Kier alpha value is -0.200. The van der Waals surface area contributed by atoms with Crippen molar-refractivity contribution in [1.29, 1.82) is 0 Å². The first-order valence-electron chi connectivity index (χ1n) is 6.78. The molecule has 5 heteroatoms. The molecule has 1 heterocycles. The number of nitrogens with zero attached hydrogens (tertiary/aromatic N) is 2. The van der Waals surface area contributed by atoms with E-state index in [2.05, 4.69) is 23.9 Å². The van der Waals surface area contributed by atoms with E-state index in [9.17, 15) is 0 Å². The summed E-state index contributed by atoms with van der Waals surface area (Å²) in [5.41, 5.74) is 5.90. The first kappa shape index (κ1) is 15.9. The lowest BCUT2D eigenvalue weighted by Gasteiger charge is -2.39. The molecule has 1 aliphatic heterocycles. The van der Waals surface area contributed by atoms with E-state index in [0.717, 1.165) is 6.42 Å². The van der Waals surface area contributed by atoms with Gasteiger partial charge in [-0.2, -0.15) is 0 Å². The van der Waals surface area contributed by atoms with Gasteiger partial charge in [-0.25, -0.2) is 0 Å². The summed E-state index contributed by atoms with van der Waals surface area (Å²) in [6.45, 7) is 2.99. The standard InChI is InChI=1S/C13H29N3O2/c1-15-7-5-11(6-8-15)16(2)12(10-14)9-13(17-3)18-4/h11-13H,5-10,14H2,1-4H3. The van der Waals surface area contributed by atoms with E-state index in [-0.39, 0.29) is 6.29 Å². The van der Waals surface area contributed by atoms with Crippen LogP contribution in [0.5, 0.6) is 0 Å². The predicted octanol–water partition coefficient (Wildman–Crippen LogP) is 0.349.